The molecule has 0 unspecified atom stereocenters. The van der Waals surface area contributed by atoms with Gasteiger partial charge in [0.2, 0.25) is 0 Å². The van der Waals surface area contributed by atoms with E-state index in [1.807, 2.05) is 73.7 Å². The Morgan fingerprint density at radius 1 is 0.962 bits per heavy atom. The first-order chi connectivity index (χ1) is 12.8. The van der Waals surface area contributed by atoms with Crippen LogP contribution >= 0.6 is 0 Å². The number of nitrogens with zero attached hydrogens (tertiary/aromatic N) is 2. The summed E-state index contributed by atoms with van der Waals surface area (Å²) in [6.45, 7) is 3.01. The highest BCUT2D eigenvalue weighted by atomic mass is 16.5. The van der Waals surface area contributed by atoms with Crippen molar-refractivity contribution < 1.29 is 9.47 Å². The minimum atomic E-state index is 0.496. The minimum absolute atomic E-state index is 0.496. The maximum Gasteiger partial charge on any atom is 0.161 e. The Bertz CT molecular complexity index is 836. The first-order valence-corrected chi connectivity index (χ1v) is 8.49. The van der Waals surface area contributed by atoms with Crippen molar-refractivity contribution in [1.29, 1.82) is 0 Å². The molecule has 3 rings (SSSR count). The van der Waals surface area contributed by atoms with Gasteiger partial charge in [-0.2, -0.15) is 5.10 Å². The number of pyridine rings is 1. The van der Waals surface area contributed by atoms with Gasteiger partial charge in [-0.1, -0.05) is 36.4 Å². The van der Waals surface area contributed by atoms with E-state index in [4.69, 9.17) is 9.47 Å². The van der Waals surface area contributed by atoms with Crippen molar-refractivity contribution in [2.45, 2.75) is 13.5 Å². The van der Waals surface area contributed by atoms with Gasteiger partial charge in [-0.25, -0.2) is 4.98 Å². The summed E-state index contributed by atoms with van der Waals surface area (Å²) in [6, 6.07) is 21.4. The lowest BCUT2D eigenvalue weighted by atomic mass is 10.2. The van der Waals surface area contributed by atoms with Crippen molar-refractivity contribution >= 4 is 12.0 Å². The van der Waals surface area contributed by atoms with E-state index in [1.165, 1.54) is 0 Å². The Morgan fingerprint density at radius 2 is 1.81 bits per heavy atom. The van der Waals surface area contributed by atoms with Crippen molar-refractivity contribution in [2.24, 2.45) is 5.10 Å². The number of anilines is 1. The lowest BCUT2D eigenvalue weighted by Gasteiger charge is -2.12. The number of ether oxygens (including phenoxy) is 2. The van der Waals surface area contributed by atoms with Gasteiger partial charge in [0.15, 0.2) is 11.5 Å². The van der Waals surface area contributed by atoms with Crippen LogP contribution in [0.5, 0.6) is 11.5 Å². The minimum Gasteiger partial charge on any atom is -0.490 e. The van der Waals surface area contributed by atoms with Gasteiger partial charge in [0.05, 0.1) is 12.8 Å². The summed E-state index contributed by atoms with van der Waals surface area (Å²) >= 11 is 0. The molecule has 1 heterocycles. The molecule has 0 radical (unpaired) electrons. The SMILES string of the molecule is CCOc1cc(/C=N/Nc2ccccn2)ccc1OCc1ccccc1. The van der Waals surface area contributed by atoms with Gasteiger partial charge in [0, 0.05) is 6.20 Å². The van der Waals surface area contributed by atoms with E-state index in [2.05, 4.69) is 15.5 Å². The molecule has 0 spiro atoms. The molecule has 0 atom stereocenters. The van der Waals surface area contributed by atoms with Gasteiger partial charge in [0.1, 0.15) is 12.4 Å². The molecule has 5 nitrogen and oxygen atoms in total. The smallest absolute Gasteiger partial charge is 0.161 e. The third-order valence-electron chi connectivity index (χ3n) is 3.56. The molecule has 0 saturated carbocycles. The second-order valence-electron chi connectivity index (χ2n) is 5.50. The lowest BCUT2D eigenvalue weighted by Crippen LogP contribution is -2.00. The summed E-state index contributed by atoms with van der Waals surface area (Å²) < 4.78 is 11.6. The van der Waals surface area contributed by atoms with Gasteiger partial charge < -0.3 is 9.47 Å². The summed E-state index contributed by atoms with van der Waals surface area (Å²) in [5.74, 6) is 2.10. The van der Waals surface area contributed by atoms with Crippen LogP contribution in [-0.4, -0.2) is 17.8 Å². The van der Waals surface area contributed by atoms with E-state index in [0.29, 0.717) is 30.5 Å². The molecule has 0 aliphatic carbocycles. The molecule has 0 bridgehead atoms. The Labute approximate surface area is 153 Å². The molecule has 26 heavy (non-hydrogen) atoms. The lowest BCUT2D eigenvalue weighted by molar-refractivity contribution is 0.269. The van der Waals surface area contributed by atoms with Crippen molar-refractivity contribution in [3.63, 3.8) is 0 Å². The Kier molecular flexibility index (Phi) is 6.20. The maximum absolute atomic E-state index is 5.91. The molecule has 0 saturated heterocycles. The number of benzene rings is 2. The first kappa shape index (κ1) is 17.5. The fourth-order valence-electron chi connectivity index (χ4n) is 2.33. The number of hydrazone groups is 1. The number of hydrogen-bond acceptors (Lipinski definition) is 5. The standard InChI is InChI=1S/C21H21N3O2/c1-2-25-20-14-18(15-23-24-21-10-6-7-13-22-21)11-12-19(20)26-16-17-8-4-3-5-9-17/h3-15H,2,16H2,1H3,(H,22,24)/b23-15+. The molecule has 0 aliphatic heterocycles. The molecule has 3 aromatic rings. The molecular weight excluding hydrogens is 326 g/mol. The summed E-state index contributed by atoms with van der Waals surface area (Å²) in [6.07, 6.45) is 3.43. The monoisotopic (exact) mass is 347 g/mol. The summed E-state index contributed by atoms with van der Waals surface area (Å²) in [5.41, 5.74) is 4.91. The van der Waals surface area contributed by atoms with Gasteiger partial charge in [0.25, 0.3) is 0 Å². The largest absolute Gasteiger partial charge is 0.490 e. The molecule has 132 valence electrons. The highest BCUT2D eigenvalue weighted by Crippen LogP contribution is 2.28. The van der Waals surface area contributed by atoms with Crippen LogP contribution in [0, 0.1) is 0 Å². The molecular formula is C21H21N3O2. The summed E-state index contributed by atoms with van der Waals surface area (Å²) in [7, 11) is 0. The van der Waals surface area contributed by atoms with Crippen molar-refractivity contribution in [2.75, 3.05) is 12.0 Å². The van der Waals surface area contributed by atoms with Crippen LogP contribution in [-0.2, 0) is 6.61 Å². The second kappa shape index (κ2) is 9.22. The zero-order valence-electron chi connectivity index (χ0n) is 14.6. The van der Waals surface area contributed by atoms with Gasteiger partial charge in [-0.05, 0) is 48.4 Å². The summed E-state index contributed by atoms with van der Waals surface area (Å²) in [5, 5.41) is 4.20. The number of nitrogens with one attached hydrogen (secondary N) is 1. The number of hydrogen-bond donors (Lipinski definition) is 1. The summed E-state index contributed by atoms with van der Waals surface area (Å²) in [4.78, 5) is 4.15. The molecule has 5 heteroatoms. The van der Waals surface area contributed by atoms with E-state index in [1.54, 1.807) is 12.4 Å². The van der Waals surface area contributed by atoms with E-state index in [0.717, 1.165) is 11.1 Å². The highest BCUT2D eigenvalue weighted by Gasteiger charge is 2.06. The molecule has 2 aromatic carbocycles. The average Bonchev–Trinajstić information content (AvgIpc) is 2.69. The van der Waals surface area contributed by atoms with Crippen LogP contribution in [0.25, 0.3) is 0 Å². The van der Waals surface area contributed by atoms with E-state index in [9.17, 15) is 0 Å². The predicted octanol–water partition coefficient (Wildman–Crippen LogP) is 4.51. The van der Waals surface area contributed by atoms with Crippen molar-refractivity contribution in [3.05, 3.63) is 84.1 Å². The topological polar surface area (TPSA) is 55.7 Å². The van der Waals surface area contributed by atoms with Gasteiger partial charge in [-0.3, -0.25) is 5.43 Å². The van der Waals surface area contributed by atoms with Crippen LogP contribution in [0.4, 0.5) is 5.82 Å². The van der Waals surface area contributed by atoms with Gasteiger partial charge in [-0.15, -0.1) is 0 Å². The first-order valence-electron chi connectivity index (χ1n) is 8.49. The molecule has 0 fully saturated rings. The zero-order valence-corrected chi connectivity index (χ0v) is 14.6. The molecule has 0 amide bonds. The Hall–Kier alpha value is -3.34. The van der Waals surface area contributed by atoms with Crippen molar-refractivity contribution in [1.82, 2.24) is 4.98 Å². The maximum atomic E-state index is 5.91. The quantitative estimate of drug-likeness (QED) is 0.481. The number of aromatic nitrogens is 1. The molecule has 1 aromatic heterocycles. The second-order valence-corrected chi connectivity index (χ2v) is 5.50. The molecule has 1 N–H and O–H groups in total. The third kappa shape index (κ3) is 5.08. The van der Waals surface area contributed by atoms with Crippen LogP contribution in [0.2, 0.25) is 0 Å². The normalized spacial score (nSPS) is 10.7. The van der Waals surface area contributed by atoms with Gasteiger partial charge >= 0.3 is 0 Å². The van der Waals surface area contributed by atoms with Crippen LogP contribution in [0.3, 0.4) is 0 Å². The highest BCUT2D eigenvalue weighted by molar-refractivity contribution is 5.81. The zero-order chi connectivity index (χ0) is 18.0. The Balaban J connectivity index is 1.67. The molecule has 0 aliphatic rings. The van der Waals surface area contributed by atoms with Crippen LogP contribution < -0.4 is 14.9 Å². The van der Waals surface area contributed by atoms with Crippen LogP contribution in [0.15, 0.2) is 78.0 Å². The Morgan fingerprint density at radius 3 is 2.58 bits per heavy atom. The van der Waals surface area contributed by atoms with E-state index >= 15 is 0 Å². The fraction of sp³-hybridized carbons (Fsp3) is 0.143. The van der Waals surface area contributed by atoms with Crippen molar-refractivity contribution in [3.8, 4) is 11.5 Å². The number of rotatable bonds is 8. The average molecular weight is 347 g/mol. The van der Waals surface area contributed by atoms with Crippen LogP contribution in [0.1, 0.15) is 18.1 Å². The van der Waals surface area contributed by atoms with E-state index in [-0.39, 0.29) is 0 Å². The third-order valence-corrected chi connectivity index (χ3v) is 3.56. The fourth-order valence-corrected chi connectivity index (χ4v) is 2.33. The van der Waals surface area contributed by atoms with E-state index < -0.39 is 0 Å². The predicted molar refractivity (Wildman–Crippen MR) is 104 cm³/mol.